The molecule has 1 atom stereocenters. The number of furan rings is 1. The lowest BCUT2D eigenvalue weighted by Crippen LogP contribution is -2.27. The average Bonchev–Trinajstić information content (AvgIpc) is 3.23. The molecule has 1 heterocycles. The summed E-state index contributed by atoms with van der Waals surface area (Å²) in [5.74, 6) is -0.959. The Kier molecular flexibility index (Phi) is 4.65. The quantitative estimate of drug-likeness (QED) is 0.479. The highest BCUT2D eigenvalue weighted by Gasteiger charge is 2.18. The van der Waals surface area contributed by atoms with Crippen LogP contribution in [0.15, 0.2) is 71.5 Å². The highest BCUT2D eigenvalue weighted by molar-refractivity contribution is 6.08. The van der Waals surface area contributed by atoms with Crippen LogP contribution in [0.3, 0.4) is 0 Å². The van der Waals surface area contributed by atoms with Gasteiger partial charge in [0.05, 0.1) is 11.8 Å². The molecule has 5 rings (SSSR count). The molecule has 0 fully saturated rings. The normalized spacial score (nSPS) is 15.8. The van der Waals surface area contributed by atoms with E-state index in [0.29, 0.717) is 6.04 Å². The predicted octanol–water partition coefficient (Wildman–Crippen LogP) is 4.79. The van der Waals surface area contributed by atoms with Crippen molar-refractivity contribution < 1.29 is 14.3 Å². The Balaban J connectivity index is 0.000000190. The summed E-state index contributed by atoms with van der Waals surface area (Å²) in [6, 6.07) is 19.4. The lowest BCUT2D eigenvalue weighted by Gasteiger charge is -2.23. The number of rotatable bonds is 1. The van der Waals surface area contributed by atoms with Crippen LogP contribution in [0.25, 0.3) is 21.5 Å². The average molecular weight is 359 g/mol. The molecule has 0 aliphatic heterocycles. The first-order valence-corrected chi connectivity index (χ1v) is 9.07. The first-order valence-electron chi connectivity index (χ1n) is 9.07. The maximum absolute atomic E-state index is 10.0. The van der Waals surface area contributed by atoms with E-state index in [-0.39, 0.29) is 5.56 Å². The minimum atomic E-state index is -0.959. The fourth-order valence-electron chi connectivity index (χ4n) is 3.76. The van der Waals surface area contributed by atoms with Gasteiger partial charge >= 0.3 is 5.97 Å². The zero-order valence-electron chi connectivity index (χ0n) is 14.9. The van der Waals surface area contributed by atoms with E-state index in [4.69, 9.17) is 10.8 Å². The van der Waals surface area contributed by atoms with E-state index in [1.807, 2.05) is 0 Å². The van der Waals surface area contributed by atoms with Gasteiger partial charge in [0.1, 0.15) is 6.26 Å². The van der Waals surface area contributed by atoms with Gasteiger partial charge in [0, 0.05) is 6.04 Å². The molecule has 0 saturated heterocycles. The fourth-order valence-corrected chi connectivity index (χ4v) is 3.76. The van der Waals surface area contributed by atoms with E-state index in [9.17, 15) is 4.79 Å². The van der Waals surface area contributed by atoms with E-state index >= 15 is 0 Å². The van der Waals surface area contributed by atoms with Gasteiger partial charge in [0.15, 0.2) is 0 Å². The van der Waals surface area contributed by atoms with Crippen molar-refractivity contribution in [2.45, 2.75) is 25.3 Å². The zero-order valence-corrected chi connectivity index (χ0v) is 14.9. The van der Waals surface area contributed by atoms with Gasteiger partial charge < -0.3 is 15.3 Å². The summed E-state index contributed by atoms with van der Waals surface area (Å²) < 4.78 is 4.49. The van der Waals surface area contributed by atoms with Gasteiger partial charge in [0.25, 0.3) is 0 Å². The maximum Gasteiger partial charge on any atom is 0.338 e. The van der Waals surface area contributed by atoms with E-state index in [1.54, 1.807) is 0 Å². The number of aromatic carboxylic acids is 1. The number of carboxylic acids is 1. The second kappa shape index (κ2) is 7.25. The van der Waals surface area contributed by atoms with Gasteiger partial charge in [-0.3, -0.25) is 0 Å². The minimum Gasteiger partial charge on any atom is -0.478 e. The number of carboxylic acid groups (broad SMARTS) is 1. The number of benzene rings is 3. The molecule has 0 radical (unpaired) electrons. The van der Waals surface area contributed by atoms with Crippen LogP contribution in [0.1, 0.15) is 27.9 Å². The molecule has 0 unspecified atom stereocenters. The fraction of sp³-hybridized carbons (Fsp3) is 0.174. The number of aryl methyl sites for hydroxylation is 1. The summed E-state index contributed by atoms with van der Waals surface area (Å²) in [6.45, 7) is 0. The first-order chi connectivity index (χ1) is 13.1. The molecule has 3 aromatic carbocycles. The molecule has 1 aliphatic rings. The number of nitrogens with two attached hydrogens (primary N) is 1. The second-order valence-corrected chi connectivity index (χ2v) is 6.91. The van der Waals surface area contributed by atoms with Crippen molar-refractivity contribution in [3.05, 3.63) is 83.8 Å². The van der Waals surface area contributed by atoms with Crippen molar-refractivity contribution in [1.29, 1.82) is 0 Å². The van der Waals surface area contributed by atoms with Gasteiger partial charge in [-0.15, -0.1) is 0 Å². The van der Waals surface area contributed by atoms with Crippen LogP contribution in [0, 0.1) is 0 Å². The zero-order chi connectivity index (χ0) is 18.8. The summed E-state index contributed by atoms with van der Waals surface area (Å²) in [4.78, 5) is 10.0. The Morgan fingerprint density at radius 2 is 1.81 bits per heavy atom. The van der Waals surface area contributed by atoms with Crippen LogP contribution >= 0.6 is 0 Å². The topological polar surface area (TPSA) is 76.5 Å². The van der Waals surface area contributed by atoms with Crippen LogP contribution in [-0.2, 0) is 12.8 Å². The highest BCUT2D eigenvalue weighted by Crippen LogP contribution is 2.32. The number of carbonyl (C=O) groups is 1. The summed E-state index contributed by atoms with van der Waals surface area (Å²) in [7, 11) is 0. The molecular formula is C23H21NO3. The Morgan fingerprint density at radius 1 is 1.00 bits per heavy atom. The summed E-state index contributed by atoms with van der Waals surface area (Å²) >= 11 is 0. The van der Waals surface area contributed by atoms with E-state index in [2.05, 4.69) is 52.9 Å². The minimum absolute atomic E-state index is 0.185. The Labute approximate surface area is 157 Å². The maximum atomic E-state index is 10.0. The molecule has 0 spiro atoms. The lowest BCUT2D eigenvalue weighted by atomic mass is 9.84. The molecule has 0 saturated carbocycles. The molecule has 0 amide bonds. The molecule has 1 aliphatic carbocycles. The molecule has 27 heavy (non-hydrogen) atoms. The summed E-state index contributed by atoms with van der Waals surface area (Å²) in [5.41, 5.74) is 9.30. The van der Waals surface area contributed by atoms with Crippen LogP contribution in [0.4, 0.5) is 0 Å². The molecule has 0 bridgehead atoms. The van der Waals surface area contributed by atoms with Crippen molar-refractivity contribution in [2.75, 3.05) is 0 Å². The molecule has 4 aromatic rings. The third-order valence-electron chi connectivity index (χ3n) is 5.15. The van der Waals surface area contributed by atoms with E-state index < -0.39 is 5.97 Å². The van der Waals surface area contributed by atoms with E-state index in [0.717, 1.165) is 19.3 Å². The monoisotopic (exact) mass is 359 g/mol. The summed E-state index contributed by atoms with van der Waals surface area (Å²) in [6.07, 6.45) is 5.77. The smallest absolute Gasteiger partial charge is 0.338 e. The number of hydrogen-bond acceptors (Lipinski definition) is 3. The Hall–Kier alpha value is -3.11. The highest BCUT2D eigenvalue weighted by atomic mass is 16.4. The molecule has 136 valence electrons. The van der Waals surface area contributed by atoms with Crippen molar-refractivity contribution in [1.82, 2.24) is 0 Å². The largest absolute Gasteiger partial charge is 0.478 e. The lowest BCUT2D eigenvalue weighted by molar-refractivity contribution is 0.0696. The van der Waals surface area contributed by atoms with Crippen LogP contribution in [0.5, 0.6) is 0 Å². The first kappa shape index (κ1) is 17.3. The van der Waals surface area contributed by atoms with Gasteiger partial charge in [-0.25, -0.2) is 4.79 Å². The third-order valence-corrected chi connectivity index (χ3v) is 5.15. The van der Waals surface area contributed by atoms with Gasteiger partial charge in [-0.05, 0) is 58.0 Å². The van der Waals surface area contributed by atoms with Crippen molar-refractivity contribution >= 4 is 27.5 Å². The van der Waals surface area contributed by atoms with Gasteiger partial charge in [-0.2, -0.15) is 0 Å². The van der Waals surface area contributed by atoms with Gasteiger partial charge in [-0.1, -0.05) is 48.5 Å². The molecule has 1 aromatic heterocycles. The van der Waals surface area contributed by atoms with Crippen LogP contribution < -0.4 is 5.73 Å². The van der Waals surface area contributed by atoms with Crippen LogP contribution in [0.2, 0.25) is 0 Å². The number of hydrogen-bond donors (Lipinski definition) is 2. The van der Waals surface area contributed by atoms with Crippen LogP contribution in [-0.4, -0.2) is 17.1 Å². The Morgan fingerprint density at radius 3 is 2.56 bits per heavy atom. The van der Waals surface area contributed by atoms with E-state index in [1.165, 1.54) is 51.3 Å². The van der Waals surface area contributed by atoms with Crippen molar-refractivity contribution in [2.24, 2.45) is 5.73 Å². The van der Waals surface area contributed by atoms with Gasteiger partial charge in [0.2, 0.25) is 0 Å². The molecular weight excluding hydrogens is 338 g/mol. The number of fused-ring (bicyclic) bond motifs is 5. The second-order valence-electron chi connectivity index (χ2n) is 6.91. The Bertz CT molecular complexity index is 1100. The third kappa shape index (κ3) is 3.44. The molecule has 3 N–H and O–H groups in total. The summed E-state index contributed by atoms with van der Waals surface area (Å²) in [5, 5.41) is 13.6. The molecule has 4 heteroatoms. The van der Waals surface area contributed by atoms with Crippen molar-refractivity contribution in [3.8, 4) is 0 Å². The predicted molar refractivity (Wildman–Crippen MR) is 107 cm³/mol. The van der Waals surface area contributed by atoms with Crippen molar-refractivity contribution in [3.63, 3.8) is 0 Å². The SMILES string of the molecule is N[C@H]1CCc2ccc3c(ccc4ccccc43)c2C1.O=C(O)c1ccoc1. The standard InChI is InChI=1S/C18H17N.C5H4O3/c19-14-8-5-13-7-9-16-15-4-2-1-3-12(15)6-10-17(16)18(13)11-14;6-5(7)4-1-2-8-3-4/h1-4,6-7,9-10,14H,5,8,11,19H2;1-3H,(H,6,7)/t14-;/m0./s1. The molecule has 4 nitrogen and oxygen atoms in total.